The van der Waals surface area contributed by atoms with E-state index < -0.39 is 5.91 Å². The molecule has 0 aromatic heterocycles. The van der Waals surface area contributed by atoms with E-state index in [1.165, 1.54) is 6.20 Å². The van der Waals surface area contributed by atoms with E-state index >= 15 is 0 Å². The number of anilines is 2. The third kappa shape index (κ3) is 4.01. The van der Waals surface area contributed by atoms with Gasteiger partial charge >= 0.3 is 0 Å². The van der Waals surface area contributed by atoms with Crippen molar-refractivity contribution in [3.63, 3.8) is 0 Å². The van der Waals surface area contributed by atoms with Crippen LogP contribution in [0, 0.1) is 11.3 Å². The summed E-state index contributed by atoms with van der Waals surface area (Å²) >= 11 is 11.9. The molecule has 0 saturated carbocycles. The fourth-order valence-corrected chi connectivity index (χ4v) is 1.99. The third-order valence-corrected chi connectivity index (χ3v) is 3.54. The van der Waals surface area contributed by atoms with Crippen LogP contribution in [0.2, 0.25) is 10.0 Å². The van der Waals surface area contributed by atoms with E-state index in [1.54, 1.807) is 42.5 Å². The van der Waals surface area contributed by atoms with Crippen LogP contribution in [0.5, 0.6) is 0 Å². The monoisotopic (exact) mass is 331 g/mol. The highest BCUT2D eigenvalue weighted by atomic mass is 35.5. The van der Waals surface area contributed by atoms with Crippen molar-refractivity contribution >= 4 is 40.5 Å². The van der Waals surface area contributed by atoms with Gasteiger partial charge in [0, 0.05) is 11.9 Å². The van der Waals surface area contributed by atoms with Crippen LogP contribution in [-0.2, 0) is 4.79 Å². The van der Waals surface area contributed by atoms with Crippen LogP contribution < -0.4 is 10.6 Å². The molecule has 0 fully saturated rings. The third-order valence-electron chi connectivity index (χ3n) is 2.72. The molecule has 4 nitrogen and oxygen atoms in total. The van der Waals surface area contributed by atoms with E-state index in [1.807, 2.05) is 12.1 Å². The molecular weight excluding hydrogens is 321 g/mol. The SMILES string of the molecule is N#CC(=CNc1cccc(Cl)c1Cl)C(=O)Nc1ccccc1. The molecule has 1 amide bonds. The van der Waals surface area contributed by atoms with E-state index in [2.05, 4.69) is 10.6 Å². The standard InChI is InChI=1S/C16H11Cl2N3O/c17-13-7-4-8-14(15(13)18)20-10-11(9-19)16(22)21-12-5-2-1-3-6-12/h1-8,10,20H,(H,21,22). The van der Waals surface area contributed by atoms with E-state index in [0.29, 0.717) is 21.4 Å². The van der Waals surface area contributed by atoms with E-state index in [-0.39, 0.29) is 5.57 Å². The van der Waals surface area contributed by atoms with Gasteiger partial charge in [-0.1, -0.05) is 47.5 Å². The number of carbonyl (C=O) groups excluding carboxylic acids is 1. The second kappa shape index (κ2) is 7.51. The van der Waals surface area contributed by atoms with E-state index in [0.717, 1.165) is 0 Å². The number of nitrogens with one attached hydrogen (secondary N) is 2. The number of hydrogen-bond donors (Lipinski definition) is 2. The Bertz CT molecular complexity index is 752. The molecule has 0 atom stereocenters. The average Bonchev–Trinajstić information content (AvgIpc) is 2.53. The first kappa shape index (κ1) is 15.9. The number of nitrogens with zero attached hydrogens (tertiary/aromatic N) is 1. The second-order valence-corrected chi connectivity index (χ2v) is 5.02. The van der Waals surface area contributed by atoms with Crippen molar-refractivity contribution in [2.24, 2.45) is 0 Å². The Morgan fingerprint density at radius 1 is 1.09 bits per heavy atom. The summed E-state index contributed by atoms with van der Waals surface area (Å²) in [6, 6.07) is 15.7. The summed E-state index contributed by atoms with van der Waals surface area (Å²) in [6.07, 6.45) is 1.29. The zero-order valence-corrected chi connectivity index (χ0v) is 12.8. The van der Waals surface area contributed by atoms with Gasteiger partial charge in [-0.05, 0) is 24.3 Å². The molecular formula is C16H11Cl2N3O. The zero-order valence-electron chi connectivity index (χ0n) is 11.3. The first-order valence-electron chi connectivity index (χ1n) is 6.29. The molecule has 2 aromatic carbocycles. The first-order valence-corrected chi connectivity index (χ1v) is 7.04. The number of para-hydroxylation sites is 1. The molecule has 110 valence electrons. The van der Waals surface area contributed by atoms with Crippen molar-refractivity contribution in [3.05, 3.63) is 70.3 Å². The van der Waals surface area contributed by atoms with Crippen LogP contribution in [0.1, 0.15) is 0 Å². The van der Waals surface area contributed by atoms with Crippen LogP contribution in [0.3, 0.4) is 0 Å². The van der Waals surface area contributed by atoms with Crippen molar-refractivity contribution < 1.29 is 4.79 Å². The molecule has 6 heteroatoms. The predicted octanol–water partition coefficient (Wildman–Crippen LogP) is 4.45. The highest BCUT2D eigenvalue weighted by molar-refractivity contribution is 6.43. The maximum Gasteiger partial charge on any atom is 0.267 e. The molecule has 0 aliphatic heterocycles. The Hall–Kier alpha value is -2.48. The summed E-state index contributed by atoms with van der Waals surface area (Å²) in [5.74, 6) is -0.514. The van der Waals surface area contributed by atoms with Crippen molar-refractivity contribution in [3.8, 4) is 6.07 Å². The lowest BCUT2D eigenvalue weighted by Crippen LogP contribution is -2.14. The highest BCUT2D eigenvalue weighted by Crippen LogP contribution is 2.29. The van der Waals surface area contributed by atoms with Gasteiger partial charge in [-0.25, -0.2) is 0 Å². The number of carbonyl (C=O) groups is 1. The minimum atomic E-state index is -0.514. The fourth-order valence-electron chi connectivity index (χ4n) is 1.63. The van der Waals surface area contributed by atoms with Crippen molar-refractivity contribution in [2.75, 3.05) is 10.6 Å². The highest BCUT2D eigenvalue weighted by Gasteiger charge is 2.10. The Balaban J connectivity index is 2.12. The minimum absolute atomic E-state index is 0.0834. The van der Waals surface area contributed by atoms with Crippen LogP contribution >= 0.6 is 23.2 Å². The number of halogens is 2. The zero-order chi connectivity index (χ0) is 15.9. The van der Waals surface area contributed by atoms with Crippen molar-refractivity contribution in [1.82, 2.24) is 0 Å². The number of hydrogen-bond acceptors (Lipinski definition) is 3. The minimum Gasteiger partial charge on any atom is -0.359 e. The molecule has 22 heavy (non-hydrogen) atoms. The summed E-state index contributed by atoms with van der Waals surface area (Å²) < 4.78 is 0. The fraction of sp³-hybridized carbons (Fsp3) is 0. The lowest BCUT2D eigenvalue weighted by Gasteiger charge is -2.07. The lowest BCUT2D eigenvalue weighted by molar-refractivity contribution is -0.112. The van der Waals surface area contributed by atoms with E-state index in [4.69, 9.17) is 28.5 Å². The number of benzene rings is 2. The predicted molar refractivity (Wildman–Crippen MR) is 88.9 cm³/mol. The van der Waals surface area contributed by atoms with Crippen LogP contribution in [0.25, 0.3) is 0 Å². The molecule has 0 aliphatic carbocycles. The Labute approximate surface area is 138 Å². The van der Waals surface area contributed by atoms with Gasteiger partial charge < -0.3 is 10.6 Å². The smallest absolute Gasteiger partial charge is 0.267 e. The molecule has 0 radical (unpaired) electrons. The van der Waals surface area contributed by atoms with Crippen molar-refractivity contribution in [2.45, 2.75) is 0 Å². The molecule has 0 aliphatic rings. The summed E-state index contributed by atoms with van der Waals surface area (Å²) in [7, 11) is 0. The van der Waals surface area contributed by atoms with E-state index in [9.17, 15) is 4.79 Å². The molecule has 2 rings (SSSR count). The second-order valence-electron chi connectivity index (χ2n) is 4.24. The molecule has 0 bridgehead atoms. The number of amides is 1. The molecule has 2 aromatic rings. The van der Waals surface area contributed by atoms with Crippen LogP contribution in [-0.4, -0.2) is 5.91 Å². The molecule has 0 saturated heterocycles. The quantitative estimate of drug-likeness (QED) is 0.642. The normalized spacial score (nSPS) is 10.7. The van der Waals surface area contributed by atoms with Gasteiger partial charge in [-0.15, -0.1) is 0 Å². The van der Waals surface area contributed by atoms with Gasteiger partial charge in [0.1, 0.15) is 11.6 Å². The topological polar surface area (TPSA) is 64.9 Å². The lowest BCUT2D eigenvalue weighted by atomic mass is 10.2. The summed E-state index contributed by atoms with van der Waals surface area (Å²) in [4.78, 5) is 12.0. The van der Waals surface area contributed by atoms with Crippen molar-refractivity contribution in [1.29, 1.82) is 5.26 Å². The average molecular weight is 332 g/mol. The van der Waals surface area contributed by atoms with Crippen LogP contribution in [0.15, 0.2) is 60.3 Å². The Kier molecular flexibility index (Phi) is 5.42. The maximum absolute atomic E-state index is 12.0. The maximum atomic E-state index is 12.0. The largest absolute Gasteiger partial charge is 0.359 e. The van der Waals surface area contributed by atoms with Gasteiger partial charge in [-0.3, -0.25) is 4.79 Å². The summed E-state index contributed by atoms with van der Waals surface area (Å²) in [5, 5.41) is 15.2. The first-order chi connectivity index (χ1) is 10.6. The summed E-state index contributed by atoms with van der Waals surface area (Å²) in [6.45, 7) is 0. The van der Waals surface area contributed by atoms with Gasteiger partial charge in [0.2, 0.25) is 0 Å². The van der Waals surface area contributed by atoms with Crippen LogP contribution in [0.4, 0.5) is 11.4 Å². The Morgan fingerprint density at radius 3 is 2.50 bits per heavy atom. The Morgan fingerprint density at radius 2 is 1.82 bits per heavy atom. The molecule has 0 unspecified atom stereocenters. The molecule has 0 heterocycles. The molecule has 2 N–H and O–H groups in total. The van der Waals surface area contributed by atoms with Gasteiger partial charge in [0.05, 0.1) is 15.7 Å². The van der Waals surface area contributed by atoms with Gasteiger partial charge in [0.25, 0.3) is 5.91 Å². The molecule has 0 spiro atoms. The summed E-state index contributed by atoms with van der Waals surface area (Å²) in [5.41, 5.74) is 1.03. The van der Waals surface area contributed by atoms with Gasteiger partial charge in [-0.2, -0.15) is 5.26 Å². The number of rotatable bonds is 4. The van der Waals surface area contributed by atoms with Gasteiger partial charge in [0.15, 0.2) is 0 Å². The number of nitriles is 1.